The fraction of sp³-hybridized carbons (Fsp3) is 0.632. The van der Waals surface area contributed by atoms with Crippen molar-refractivity contribution in [1.82, 2.24) is 15.1 Å². The van der Waals surface area contributed by atoms with Crippen LogP contribution in [-0.4, -0.2) is 62.2 Å². The summed E-state index contributed by atoms with van der Waals surface area (Å²) in [4.78, 5) is 8.09. The molecule has 2 rings (SSSR count). The lowest BCUT2D eigenvalue weighted by Crippen LogP contribution is -2.41. The minimum absolute atomic E-state index is 0. The summed E-state index contributed by atoms with van der Waals surface area (Å²) in [6, 6.07) is 10.1. The molecule has 4 nitrogen and oxygen atoms in total. The number of nitrogens with one attached hydrogen (secondary N) is 1. The summed E-state index contributed by atoms with van der Waals surface area (Å²) >= 11 is 0. The van der Waals surface area contributed by atoms with E-state index in [0.717, 1.165) is 37.3 Å². The highest BCUT2D eigenvalue weighted by atomic mass is 127. The van der Waals surface area contributed by atoms with Gasteiger partial charge in [0.25, 0.3) is 0 Å². The first-order valence-corrected chi connectivity index (χ1v) is 9.12. The molecule has 8 heteroatoms. The molecule has 1 aliphatic heterocycles. The largest absolute Gasteiger partial charge is 0.401 e. The van der Waals surface area contributed by atoms with E-state index >= 15 is 0 Å². The second kappa shape index (κ2) is 11.7. The number of halogens is 4. The number of aliphatic imine (C=N–C) groups is 1. The third-order valence-corrected chi connectivity index (χ3v) is 4.62. The normalized spacial score (nSPS) is 16.7. The molecule has 0 saturated carbocycles. The van der Waals surface area contributed by atoms with Gasteiger partial charge in [-0.1, -0.05) is 30.3 Å². The fourth-order valence-electron chi connectivity index (χ4n) is 3.18. The van der Waals surface area contributed by atoms with Gasteiger partial charge in [-0.25, -0.2) is 4.99 Å². The molecule has 1 N–H and O–H groups in total. The van der Waals surface area contributed by atoms with E-state index in [2.05, 4.69) is 10.3 Å². The molecule has 0 amide bonds. The highest BCUT2D eigenvalue weighted by Crippen LogP contribution is 2.23. The SMILES string of the molecule is CN(C)C(=NCc1ccccc1)NCCC1CCN(CC(F)(F)F)CC1.I. The van der Waals surface area contributed by atoms with Gasteiger partial charge in [-0.05, 0) is 43.8 Å². The zero-order chi connectivity index (χ0) is 19.0. The third-order valence-electron chi connectivity index (χ3n) is 4.62. The summed E-state index contributed by atoms with van der Waals surface area (Å²) in [5.74, 6) is 1.31. The first-order valence-electron chi connectivity index (χ1n) is 9.12. The van der Waals surface area contributed by atoms with Crippen LogP contribution in [-0.2, 0) is 6.54 Å². The van der Waals surface area contributed by atoms with Crippen molar-refractivity contribution >= 4 is 29.9 Å². The molecular weight excluding hydrogens is 468 g/mol. The lowest BCUT2D eigenvalue weighted by Gasteiger charge is -2.32. The van der Waals surface area contributed by atoms with Crippen molar-refractivity contribution in [2.75, 3.05) is 40.3 Å². The van der Waals surface area contributed by atoms with Crippen LogP contribution < -0.4 is 5.32 Å². The molecule has 1 aromatic carbocycles. The summed E-state index contributed by atoms with van der Waals surface area (Å²) in [7, 11) is 3.90. The van der Waals surface area contributed by atoms with Gasteiger partial charge in [0, 0.05) is 20.6 Å². The molecule has 0 aliphatic carbocycles. The highest BCUT2D eigenvalue weighted by molar-refractivity contribution is 14.0. The Bertz CT molecular complexity index is 556. The average Bonchev–Trinajstić information content (AvgIpc) is 2.58. The van der Waals surface area contributed by atoms with Gasteiger partial charge in [0.05, 0.1) is 13.1 Å². The quantitative estimate of drug-likeness (QED) is 0.366. The summed E-state index contributed by atoms with van der Waals surface area (Å²) in [5.41, 5.74) is 1.16. The monoisotopic (exact) mass is 498 g/mol. The Morgan fingerprint density at radius 3 is 2.37 bits per heavy atom. The zero-order valence-corrected chi connectivity index (χ0v) is 18.3. The number of nitrogens with zero attached hydrogens (tertiary/aromatic N) is 3. The molecular formula is C19H30F3IN4. The minimum atomic E-state index is -4.09. The lowest BCUT2D eigenvalue weighted by atomic mass is 9.93. The van der Waals surface area contributed by atoms with Crippen molar-refractivity contribution in [1.29, 1.82) is 0 Å². The standard InChI is InChI=1S/C19H29F3N4.HI/c1-25(2)18(24-14-17-6-4-3-5-7-17)23-11-8-16-9-12-26(13-10-16)15-19(20,21)22;/h3-7,16H,8-15H2,1-2H3,(H,23,24);1H. The van der Waals surface area contributed by atoms with Gasteiger partial charge < -0.3 is 10.2 Å². The van der Waals surface area contributed by atoms with Crippen LogP contribution in [0, 0.1) is 5.92 Å². The van der Waals surface area contributed by atoms with Gasteiger partial charge in [0.15, 0.2) is 5.96 Å². The van der Waals surface area contributed by atoms with E-state index in [1.54, 1.807) is 0 Å². The molecule has 0 bridgehead atoms. The molecule has 0 radical (unpaired) electrons. The lowest BCUT2D eigenvalue weighted by molar-refractivity contribution is -0.148. The predicted molar refractivity (Wildman–Crippen MR) is 115 cm³/mol. The number of likely N-dealkylation sites (tertiary alicyclic amines) is 1. The van der Waals surface area contributed by atoms with E-state index in [0.29, 0.717) is 25.6 Å². The Hall–Kier alpha value is -1.03. The zero-order valence-electron chi connectivity index (χ0n) is 16.0. The highest BCUT2D eigenvalue weighted by Gasteiger charge is 2.32. The number of rotatable bonds is 6. The van der Waals surface area contributed by atoms with E-state index in [1.165, 1.54) is 4.90 Å². The van der Waals surface area contributed by atoms with E-state index in [-0.39, 0.29) is 24.0 Å². The van der Waals surface area contributed by atoms with Crippen LogP contribution >= 0.6 is 24.0 Å². The maximum absolute atomic E-state index is 12.4. The number of alkyl halides is 3. The van der Waals surface area contributed by atoms with Crippen LogP contribution in [0.25, 0.3) is 0 Å². The smallest absolute Gasteiger partial charge is 0.356 e. The Kier molecular flexibility index (Phi) is 10.4. The Labute approximate surface area is 177 Å². The molecule has 1 aliphatic rings. The van der Waals surface area contributed by atoms with Gasteiger partial charge >= 0.3 is 6.18 Å². The summed E-state index contributed by atoms with van der Waals surface area (Å²) in [5, 5.41) is 3.37. The van der Waals surface area contributed by atoms with E-state index in [1.807, 2.05) is 49.3 Å². The number of hydrogen-bond acceptors (Lipinski definition) is 2. The molecule has 1 saturated heterocycles. The van der Waals surface area contributed by atoms with Gasteiger partial charge in [-0.15, -0.1) is 24.0 Å². The van der Waals surface area contributed by atoms with Crippen LogP contribution in [0.15, 0.2) is 35.3 Å². The molecule has 0 atom stereocenters. The van der Waals surface area contributed by atoms with Crippen molar-refractivity contribution in [3.8, 4) is 0 Å². The molecule has 0 spiro atoms. The Morgan fingerprint density at radius 1 is 1.19 bits per heavy atom. The molecule has 1 heterocycles. The van der Waals surface area contributed by atoms with Crippen molar-refractivity contribution in [2.45, 2.75) is 32.0 Å². The molecule has 27 heavy (non-hydrogen) atoms. The Morgan fingerprint density at radius 2 is 1.81 bits per heavy atom. The summed E-state index contributed by atoms with van der Waals surface area (Å²) in [6.07, 6.45) is -1.48. The van der Waals surface area contributed by atoms with Gasteiger partial charge in [-0.2, -0.15) is 13.2 Å². The number of guanidine groups is 1. The van der Waals surface area contributed by atoms with Crippen molar-refractivity contribution in [3.63, 3.8) is 0 Å². The van der Waals surface area contributed by atoms with E-state index in [4.69, 9.17) is 0 Å². The number of benzene rings is 1. The number of hydrogen-bond donors (Lipinski definition) is 1. The minimum Gasteiger partial charge on any atom is -0.356 e. The van der Waals surface area contributed by atoms with Crippen molar-refractivity contribution in [3.05, 3.63) is 35.9 Å². The maximum atomic E-state index is 12.4. The third kappa shape index (κ3) is 9.64. The second-order valence-electron chi connectivity index (χ2n) is 7.07. The van der Waals surface area contributed by atoms with Gasteiger partial charge in [0.2, 0.25) is 0 Å². The topological polar surface area (TPSA) is 30.9 Å². The van der Waals surface area contributed by atoms with Crippen LogP contribution in [0.4, 0.5) is 13.2 Å². The Balaban J connectivity index is 0.00000364. The average molecular weight is 498 g/mol. The summed E-state index contributed by atoms with van der Waals surface area (Å²) in [6.45, 7) is 1.70. The molecule has 1 aromatic rings. The van der Waals surface area contributed by atoms with Crippen LogP contribution in [0.2, 0.25) is 0 Å². The van der Waals surface area contributed by atoms with Crippen LogP contribution in [0.5, 0.6) is 0 Å². The van der Waals surface area contributed by atoms with Gasteiger partial charge in [0.1, 0.15) is 0 Å². The molecule has 0 aromatic heterocycles. The van der Waals surface area contributed by atoms with Crippen molar-refractivity contribution in [2.24, 2.45) is 10.9 Å². The molecule has 1 fully saturated rings. The van der Waals surface area contributed by atoms with E-state index < -0.39 is 12.7 Å². The van der Waals surface area contributed by atoms with E-state index in [9.17, 15) is 13.2 Å². The maximum Gasteiger partial charge on any atom is 0.401 e. The van der Waals surface area contributed by atoms with Gasteiger partial charge in [-0.3, -0.25) is 4.90 Å². The van der Waals surface area contributed by atoms with Crippen molar-refractivity contribution < 1.29 is 13.2 Å². The molecule has 154 valence electrons. The van der Waals surface area contributed by atoms with Crippen LogP contribution in [0.1, 0.15) is 24.8 Å². The van der Waals surface area contributed by atoms with Crippen LogP contribution in [0.3, 0.4) is 0 Å². The fourth-order valence-corrected chi connectivity index (χ4v) is 3.18. The first-order chi connectivity index (χ1) is 12.3. The predicted octanol–water partition coefficient (Wildman–Crippen LogP) is 3.98. The second-order valence-corrected chi connectivity index (χ2v) is 7.07. The first kappa shape index (κ1) is 24.0. The number of piperidine rings is 1. The summed E-state index contributed by atoms with van der Waals surface area (Å²) < 4.78 is 37.3. The molecule has 0 unspecified atom stereocenters.